The normalized spacial score (nSPS) is 19.4. The zero-order valence-corrected chi connectivity index (χ0v) is 21.6. The number of rotatable bonds is 7. The predicted octanol–water partition coefficient (Wildman–Crippen LogP) is 4.15. The largest absolute Gasteiger partial charge is 0.378 e. The summed E-state index contributed by atoms with van der Waals surface area (Å²) in [5, 5.41) is 3.53. The van der Waals surface area contributed by atoms with Crippen molar-refractivity contribution in [3.05, 3.63) is 35.4 Å². The van der Waals surface area contributed by atoms with E-state index in [9.17, 15) is 0 Å². The molecule has 1 aromatic rings. The van der Waals surface area contributed by atoms with Crippen molar-refractivity contribution in [1.82, 2.24) is 15.1 Å². The van der Waals surface area contributed by atoms with Gasteiger partial charge in [0.25, 0.3) is 0 Å². The Kier molecular flexibility index (Phi) is 10.9. The molecule has 2 aliphatic rings. The molecule has 1 aromatic carbocycles. The molecule has 2 aliphatic heterocycles. The molecule has 1 saturated heterocycles. The lowest BCUT2D eigenvalue weighted by Crippen LogP contribution is -2.48. The lowest BCUT2D eigenvalue weighted by atomic mass is 9.95. The Labute approximate surface area is 200 Å². The molecule has 0 bridgehead atoms. The van der Waals surface area contributed by atoms with Crippen molar-refractivity contribution in [2.45, 2.75) is 65.6 Å². The maximum atomic E-state index is 5.81. The SMILES string of the molecule is CCNC(=NCC(C(C)C)N1CCc2ccccc2C1)N1CCC(OCC)CC1.I. The highest BCUT2D eigenvalue weighted by Gasteiger charge is 2.27. The van der Waals surface area contributed by atoms with Crippen LogP contribution < -0.4 is 5.32 Å². The van der Waals surface area contributed by atoms with Crippen LogP contribution in [-0.4, -0.2) is 67.2 Å². The molecule has 1 N–H and O–H groups in total. The van der Waals surface area contributed by atoms with Gasteiger partial charge in [-0.25, -0.2) is 0 Å². The van der Waals surface area contributed by atoms with Crippen molar-refractivity contribution in [3.63, 3.8) is 0 Å². The Hall–Kier alpha value is -0.860. The minimum Gasteiger partial charge on any atom is -0.378 e. The van der Waals surface area contributed by atoms with E-state index in [4.69, 9.17) is 9.73 Å². The maximum absolute atomic E-state index is 5.81. The molecule has 1 atom stereocenters. The summed E-state index contributed by atoms with van der Waals surface area (Å²) >= 11 is 0. The second-order valence-electron chi connectivity index (χ2n) is 8.64. The lowest BCUT2D eigenvalue weighted by Gasteiger charge is -2.38. The van der Waals surface area contributed by atoms with E-state index < -0.39 is 0 Å². The first-order valence-electron chi connectivity index (χ1n) is 11.6. The van der Waals surface area contributed by atoms with Gasteiger partial charge in [-0.15, -0.1) is 24.0 Å². The number of ether oxygens (including phenoxy) is 1. The number of hydrogen-bond donors (Lipinski definition) is 1. The number of likely N-dealkylation sites (tertiary alicyclic amines) is 1. The Morgan fingerprint density at radius 3 is 2.47 bits per heavy atom. The molecule has 0 amide bonds. The summed E-state index contributed by atoms with van der Waals surface area (Å²) in [4.78, 5) is 10.2. The van der Waals surface area contributed by atoms with Gasteiger partial charge in [0.2, 0.25) is 0 Å². The molecular formula is C24H41IN4O. The van der Waals surface area contributed by atoms with Crippen molar-refractivity contribution in [1.29, 1.82) is 0 Å². The summed E-state index contributed by atoms with van der Waals surface area (Å²) < 4.78 is 5.81. The molecule has 0 spiro atoms. The highest BCUT2D eigenvalue weighted by atomic mass is 127. The number of hydrogen-bond acceptors (Lipinski definition) is 3. The van der Waals surface area contributed by atoms with Crippen LogP contribution in [0.3, 0.4) is 0 Å². The van der Waals surface area contributed by atoms with Crippen LogP contribution in [0.2, 0.25) is 0 Å². The number of fused-ring (bicyclic) bond motifs is 1. The topological polar surface area (TPSA) is 40.1 Å². The van der Waals surface area contributed by atoms with E-state index in [2.05, 4.69) is 67.1 Å². The van der Waals surface area contributed by atoms with Crippen molar-refractivity contribution in [2.24, 2.45) is 10.9 Å². The van der Waals surface area contributed by atoms with Crippen LogP contribution in [0.25, 0.3) is 0 Å². The summed E-state index contributed by atoms with van der Waals surface area (Å²) in [6, 6.07) is 9.37. The zero-order chi connectivity index (χ0) is 20.6. The number of aliphatic imine (C=N–C) groups is 1. The van der Waals surface area contributed by atoms with Crippen LogP contribution in [0, 0.1) is 5.92 Å². The van der Waals surface area contributed by atoms with Gasteiger partial charge in [0.05, 0.1) is 12.6 Å². The van der Waals surface area contributed by atoms with Crippen LogP contribution in [0.1, 0.15) is 51.7 Å². The Morgan fingerprint density at radius 1 is 1.13 bits per heavy atom. The first kappa shape index (κ1) is 25.4. The number of piperidine rings is 1. The smallest absolute Gasteiger partial charge is 0.193 e. The molecule has 6 heteroatoms. The van der Waals surface area contributed by atoms with Crippen LogP contribution >= 0.6 is 24.0 Å². The second-order valence-corrected chi connectivity index (χ2v) is 8.64. The number of nitrogens with zero attached hydrogens (tertiary/aromatic N) is 3. The summed E-state index contributed by atoms with van der Waals surface area (Å²) in [6.45, 7) is 15.7. The minimum atomic E-state index is 0. The van der Waals surface area contributed by atoms with Crippen LogP contribution in [0.5, 0.6) is 0 Å². The fourth-order valence-corrected chi connectivity index (χ4v) is 4.62. The zero-order valence-electron chi connectivity index (χ0n) is 19.3. The quantitative estimate of drug-likeness (QED) is 0.328. The molecule has 0 saturated carbocycles. The fraction of sp³-hybridized carbons (Fsp3) is 0.708. The third-order valence-electron chi connectivity index (χ3n) is 6.31. The van der Waals surface area contributed by atoms with E-state index in [0.717, 1.165) is 71.1 Å². The van der Waals surface area contributed by atoms with Crippen molar-refractivity contribution in [2.75, 3.05) is 39.3 Å². The standard InChI is InChI=1S/C24H40N4O.HI/c1-5-25-24(27-15-12-22(13-16-27)29-6-2)26-17-23(19(3)4)28-14-11-20-9-7-8-10-21(20)18-28;/h7-10,19,22-23H,5-6,11-18H2,1-4H3,(H,25,26);1H. The molecule has 170 valence electrons. The van der Waals surface area contributed by atoms with Crippen molar-refractivity contribution < 1.29 is 4.74 Å². The summed E-state index contributed by atoms with van der Waals surface area (Å²) in [5.74, 6) is 1.65. The maximum Gasteiger partial charge on any atom is 0.193 e. The highest BCUT2D eigenvalue weighted by Crippen LogP contribution is 2.23. The van der Waals surface area contributed by atoms with Gasteiger partial charge in [0, 0.05) is 45.4 Å². The van der Waals surface area contributed by atoms with E-state index in [1.807, 2.05) is 0 Å². The van der Waals surface area contributed by atoms with Gasteiger partial charge in [-0.05, 0) is 50.2 Å². The third kappa shape index (κ3) is 6.82. The second kappa shape index (κ2) is 12.9. The average molecular weight is 529 g/mol. The number of nitrogens with one attached hydrogen (secondary N) is 1. The van der Waals surface area contributed by atoms with Gasteiger partial charge in [-0.3, -0.25) is 9.89 Å². The van der Waals surface area contributed by atoms with E-state index in [1.54, 1.807) is 0 Å². The van der Waals surface area contributed by atoms with E-state index in [-0.39, 0.29) is 24.0 Å². The molecule has 30 heavy (non-hydrogen) atoms. The monoisotopic (exact) mass is 528 g/mol. The number of benzene rings is 1. The minimum absolute atomic E-state index is 0. The highest BCUT2D eigenvalue weighted by molar-refractivity contribution is 14.0. The van der Waals surface area contributed by atoms with Gasteiger partial charge in [0.15, 0.2) is 5.96 Å². The number of guanidine groups is 1. The molecule has 5 nitrogen and oxygen atoms in total. The molecule has 1 unspecified atom stereocenters. The molecular weight excluding hydrogens is 487 g/mol. The van der Waals surface area contributed by atoms with E-state index in [1.165, 1.54) is 11.1 Å². The summed E-state index contributed by atoms with van der Waals surface area (Å²) in [7, 11) is 0. The van der Waals surface area contributed by atoms with Crippen molar-refractivity contribution >= 4 is 29.9 Å². The van der Waals surface area contributed by atoms with Gasteiger partial charge in [0.1, 0.15) is 0 Å². The molecule has 1 fully saturated rings. The molecule has 0 radical (unpaired) electrons. The van der Waals surface area contributed by atoms with Crippen LogP contribution in [0.4, 0.5) is 0 Å². The Bertz CT molecular complexity index is 658. The van der Waals surface area contributed by atoms with Crippen LogP contribution in [0.15, 0.2) is 29.3 Å². The first-order valence-corrected chi connectivity index (χ1v) is 11.6. The van der Waals surface area contributed by atoms with Gasteiger partial charge >= 0.3 is 0 Å². The van der Waals surface area contributed by atoms with Crippen LogP contribution in [-0.2, 0) is 17.7 Å². The number of halogens is 1. The molecule has 3 rings (SSSR count). The molecule has 2 heterocycles. The lowest BCUT2D eigenvalue weighted by molar-refractivity contribution is 0.0263. The van der Waals surface area contributed by atoms with E-state index in [0.29, 0.717) is 18.1 Å². The van der Waals surface area contributed by atoms with Gasteiger partial charge in [-0.1, -0.05) is 38.1 Å². The predicted molar refractivity (Wildman–Crippen MR) is 137 cm³/mol. The van der Waals surface area contributed by atoms with E-state index >= 15 is 0 Å². The average Bonchev–Trinajstić information content (AvgIpc) is 2.73. The summed E-state index contributed by atoms with van der Waals surface area (Å²) in [5.41, 5.74) is 3.00. The molecule has 0 aromatic heterocycles. The molecule has 0 aliphatic carbocycles. The Balaban J connectivity index is 0.00000320. The third-order valence-corrected chi connectivity index (χ3v) is 6.31. The van der Waals surface area contributed by atoms with Gasteiger partial charge < -0.3 is 15.0 Å². The van der Waals surface area contributed by atoms with Gasteiger partial charge in [-0.2, -0.15) is 0 Å². The fourth-order valence-electron chi connectivity index (χ4n) is 4.62. The summed E-state index contributed by atoms with van der Waals surface area (Å²) in [6.07, 6.45) is 3.74. The van der Waals surface area contributed by atoms with Crippen molar-refractivity contribution in [3.8, 4) is 0 Å². The first-order chi connectivity index (χ1) is 14.1. The Morgan fingerprint density at radius 2 is 1.83 bits per heavy atom.